The van der Waals surface area contributed by atoms with Gasteiger partial charge in [-0.3, -0.25) is 9.59 Å². The number of aryl methyl sites for hydroxylation is 1. The summed E-state index contributed by atoms with van der Waals surface area (Å²) >= 11 is 2.29. The number of thioether (sulfide) groups is 1. The molecule has 0 fully saturated rings. The number of hydrogen-bond donors (Lipinski definition) is 1. The lowest BCUT2D eigenvalue weighted by Crippen LogP contribution is -2.27. The number of methoxy groups -OCH3 is 1. The maximum Gasteiger partial charge on any atom is 0.327 e. The summed E-state index contributed by atoms with van der Waals surface area (Å²) in [5.74, 6) is -0.165. The molecule has 9 heteroatoms. The van der Waals surface area contributed by atoms with Crippen molar-refractivity contribution in [2.45, 2.75) is 30.4 Å². The van der Waals surface area contributed by atoms with Crippen molar-refractivity contribution in [3.8, 4) is 5.75 Å². The average molecular weight is 381 g/mol. The number of nitrogens with one attached hydrogen (secondary N) is 1. The Labute approximate surface area is 154 Å². The second kappa shape index (κ2) is 8.82. The van der Waals surface area contributed by atoms with Gasteiger partial charge in [0.25, 0.3) is 0 Å². The van der Waals surface area contributed by atoms with E-state index in [0.717, 1.165) is 23.0 Å². The zero-order valence-electron chi connectivity index (χ0n) is 14.4. The van der Waals surface area contributed by atoms with Crippen molar-refractivity contribution in [1.29, 1.82) is 0 Å². The summed E-state index contributed by atoms with van der Waals surface area (Å²) in [5, 5.41) is 10.8. The van der Waals surface area contributed by atoms with E-state index in [1.54, 1.807) is 14.0 Å². The molecule has 0 radical (unpaired) electrons. The Bertz CT molecular complexity index is 764. The summed E-state index contributed by atoms with van der Waals surface area (Å²) in [6.07, 6.45) is 0. The number of hydrogen-bond acceptors (Lipinski definition) is 9. The molecule has 0 unspecified atom stereocenters. The molecule has 0 bridgehead atoms. The molecule has 0 saturated heterocycles. The molecule has 0 amide bonds. The van der Waals surface area contributed by atoms with Crippen LogP contribution < -0.4 is 10.1 Å². The second-order valence-corrected chi connectivity index (χ2v) is 7.39. The summed E-state index contributed by atoms with van der Waals surface area (Å²) in [7, 11) is 1.59. The summed E-state index contributed by atoms with van der Waals surface area (Å²) in [6.45, 7) is 5.25. The van der Waals surface area contributed by atoms with Crippen LogP contribution in [0.2, 0.25) is 0 Å². The van der Waals surface area contributed by atoms with E-state index in [0.29, 0.717) is 15.2 Å². The van der Waals surface area contributed by atoms with Gasteiger partial charge in [0, 0.05) is 0 Å². The van der Waals surface area contributed by atoms with Crippen LogP contribution in [0.1, 0.15) is 19.4 Å². The van der Waals surface area contributed by atoms with E-state index in [4.69, 9.17) is 9.47 Å². The third-order valence-electron chi connectivity index (χ3n) is 3.09. The van der Waals surface area contributed by atoms with E-state index in [-0.39, 0.29) is 12.4 Å². The standard InChI is InChI=1S/C16H19N3O4S2/c1-5-23-14(21)13(10(3)20)24-16-19-18-15(25-16)17-11-8-9(2)6-7-12(11)22-4/h6-8,13H,5H2,1-4H3,(H,17,18)/t13-/m0/s1. The van der Waals surface area contributed by atoms with E-state index in [9.17, 15) is 9.59 Å². The highest BCUT2D eigenvalue weighted by molar-refractivity contribution is 8.03. The topological polar surface area (TPSA) is 90.4 Å². The summed E-state index contributed by atoms with van der Waals surface area (Å²) in [6, 6.07) is 5.74. The zero-order valence-corrected chi connectivity index (χ0v) is 16.0. The molecule has 1 heterocycles. The van der Waals surface area contributed by atoms with Crippen molar-refractivity contribution in [2.24, 2.45) is 0 Å². The lowest BCUT2D eigenvalue weighted by atomic mass is 10.2. The fraction of sp³-hybridized carbons (Fsp3) is 0.375. The molecular formula is C16H19N3O4S2. The van der Waals surface area contributed by atoms with Gasteiger partial charge < -0.3 is 14.8 Å². The molecule has 2 rings (SSSR count). The van der Waals surface area contributed by atoms with E-state index >= 15 is 0 Å². The number of ketones is 1. The van der Waals surface area contributed by atoms with Gasteiger partial charge in [0.1, 0.15) is 5.75 Å². The van der Waals surface area contributed by atoms with Gasteiger partial charge in [0.15, 0.2) is 15.4 Å². The molecule has 1 aromatic heterocycles. The number of esters is 1. The Kier molecular flexibility index (Phi) is 6.77. The van der Waals surface area contributed by atoms with Crippen molar-refractivity contribution < 1.29 is 19.1 Å². The molecular weight excluding hydrogens is 362 g/mol. The van der Waals surface area contributed by atoms with Crippen LogP contribution >= 0.6 is 23.1 Å². The molecule has 1 atom stereocenters. The maximum atomic E-state index is 11.9. The Morgan fingerprint density at radius 1 is 1.36 bits per heavy atom. The number of nitrogens with zero attached hydrogens (tertiary/aromatic N) is 2. The van der Waals surface area contributed by atoms with Crippen molar-refractivity contribution in [2.75, 3.05) is 19.0 Å². The van der Waals surface area contributed by atoms with Crippen molar-refractivity contribution in [3.63, 3.8) is 0 Å². The molecule has 0 saturated carbocycles. The Morgan fingerprint density at radius 2 is 2.12 bits per heavy atom. The van der Waals surface area contributed by atoms with Crippen LogP contribution in [0.25, 0.3) is 0 Å². The van der Waals surface area contributed by atoms with Crippen LogP contribution in [0.5, 0.6) is 5.75 Å². The lowest BCUT2D eigenvalue weighted by Gasteiger charge is -2.10. The van der Waals surface area contributed by atoms with Gasteiger partial charge in [-0.25, -0.2) is 0 Å². The predicted molar refractivity (Wildman–Crippen MR) is 97.9 cm³/mol. The maximum absolute atomic E-state index is 11.9. The van der Waals surface area contributed by atoms with E-state index in [1.165, 1.54) is 18.3 Å². The first-order valence-electron chi connectivity index (χ1n) is 7.53. The Hall–Kier alpha value is -2.13. The first kappa shape index (κ1) is 19.2. The fourth-order valence-electron chi connectivity index (χ4n) is 1.96. The minimum absolute atomic E-state index is 0.221. The monoisotopic (exact) mass is 381 g/mol. The van der Waals surface area contributed by atoms with Crippen LogP contribution in [-0.4, -0.2) is 40.9 Å². The zero-order chi connectivity index (χ0) is 18.4. The van der Waals surface area contributed by atoms with Crippen LogP contribution in [0, 0.1) is 6.92 Å². The molecule has 1 N–H and O–H groups in total. The Balaban J connectivity index is 2.13. The number of anilines is 2. The molecule has 25 heavy (non-hydrogen) atoms. The van der Waals surface area contributed by atoms with Crippen molar-refractivity contribution in [1.82, 2.24) is 10.2 Å². The third-order valence-corrected chi connectivity index (χ3v) is 5.31. The molecule has 1 aromatic carbocycles. The van der Waals surface area contributed by atoms with E-state index < -0.39 is 11.2 Å². The molecule has 2 aromatic rings. The molecule has 0 aliphatic rings. The first-order valence-corrected chi connectivity index (χ1v) is 9.23. The second-order valence-electron chi connectivity index (χ2n) is 5.06. The van der Waals surface area contributed by atoms with Crippen molar-refractivity contribution >= 4 is 45.7 Å². The molecule has 7 nitrogen and oxygen atoms in total. The molecule has 0 aliphatic heterocycles. The SMILES string of the molecule is CCOC(=O)[C@@H](Sc1nnc(Nc2cc(C)ccc2OC)s1)C(C)=O. The number of Topliss-reactive ketones (excluding diaryl/α,β-unsaturated/α-hetero) is 1. The van der Waals surface area contributed by atoms with Gasteiger partial charge in [-0.15, -0.1) is 10.2 Å². The van der Waals surface area contributed by atoms with Gasteiger partial charge in [0.2, 0.25) is 5.13 Å². The number of carbonyl (C=O) groups is 2. The van der Waals surface area contributed by atoms with Crippen molar-refractivity contribution in [3.05, 3.63) is 23.8 Å². The normalized spacial score (nSPS) is 11.7. The van der Waals surface area contributed by atoms with E-state index in [2.05, 4.69) is 15.5 Å². The number of rotatable bonds is 8. The molecule has 0 aliphatic carbocycles. The highest BCUT2D eigenvalue weighted by Crippen LogP contribution is 2.34. The number of aromatic nitrogens is 2. The summed E-state index contributed by atoms with van der Waals surface area (Å²) < 4.78 is 10.7. The first-order chi connectivity index (χ1) is 11.9. The highest BCUT2D eigenvalue weighted by Gasteiger charge is 2.27. The smallest absolute Gasteiger partial charge is 0.327 e. The fourth-order valence-corrected chi connectivity index (χ4v) is 3.79. The van der Waals surface area contributed by atoms with Crippen LogP contribution in [0.3, 0.4) is 0 Å². The number of ether oxygens (including phenoxy) is 2. The predicted octanol–water partition coefficient (Wildman–Crippen LogP) is 3.21. The molecule has 0 spiro atoms. The quantitative estimate of drug-likeness (QED) is 0.423. The molecule has 134 valence electrons. The van der Waals surface area contributed by atoms with Crippen LogP contribution in [0.15, 0.2) is 22.5 Å². The number of benzene rings is 1. The highest BCUT2D eigenvalue weighted by atomic mass is 32.2. The Morgan fingerprint density at radius 3 is 2.76 bits per heavy atom. The average Bonchev–Trinajstić information content (AvgIpc) is 3.00. The summed E-state index contributed by atoms with van der Waals surface area (Å²) in [5.41, 5.74) is 1.84. The van der Waals surface area contributed by atoms with Gasteiger partial charge in [-0.1, -0.05) is 29.2 Å². The lowest BCUT2D eigenvalue weighted by molar-refractivity contribution is -0.144. The van der Waals surface area contributed by atoms with E-state index in [1.807, 2.05) is 25.1 Å². The third kappa shape index (κ3) is 5.17. The van der Waals surface area contributed by atoms with Gasteiger partial charge in [-0.05, 0) is 38.5 Å². The number of carbonyl (C=O) groups excluding carboxylic acids is 2. The van der Waals surface area contributed by atoms with Gasteiger partial charge in [-0.2, -0.15) is 0 Å². The largest absolute Gasteiger partial charge is 0.495 e. The van der Waals surface area contributed by atoms with Crippen LogP contribution in [0.4, 0.5) is 10.8 Å². The summed E-state index contributed by atoms with van der Waals surface area (Å²) in [4.78, 5) is 23.6. The van der Waals surface area contributed by atoms with Gasteiger partial charge >= 0.3 is 5.97 Å². The minimum atomic E-state index is -0.936. The van der Waals surface area contributed by atoms with Crippen LogP contribution in [-0.2, 0) is 14.3 Å². The van der Waals surface area contributed by atoms with Gasteiger partial charge in [0.05, 0.1) is 19.4 Å². The minimum Gasteiger partial charge on any atom is -0.495 e.